The van der Waals surface area contributed by atoms with Crippen molar-refractivity contribution >= 4 is 44.6 Å². The van der Waals surface area contributed by atoms with Crippen molar-refractivity contribution in [1.82, 2.24) is 15.0 Å². The summed E-state index contributed by atoms with van der Waals surface area (Å²) in [4.78, 5) is 1.09. The molecule has 1 aromatic carbocycles. The van der Waals surface area contributed by atoms with Crippen molar-refractivity contribution in [1.29, 1.82) is 0 Å². The average molecular weight is 298 g/mol. The first-order chi connectivity index (χ1) is 8.78. The lowest BCUT2D eigenvalue weighted by atomic mass is 10.2. The van der Waals surface area contributed by atoms with E-state index in [9.17, 15) is 0 Å². The van der Waals surface area contributed by atoms with Gasteiger partial charge in [-0.1, -0.05) is 35.0 Å². The van der Waals surface area contributed by atoms with Crippen molar-refractivity contribution in [3.8, 4) is 0 Å². The summed E-state index contributed by atoms with van der Waals surface area (Å²) in [6.45, 7) is 0.627. The van der Waals surface area contributed by atoms with E-state index in [0.29, 0.717) is 12.4 Å². The Morgan fingerprint density at radius 2 is 2.11 bits per heavy atom. The largest absolute Gasteiger partial charge is 0.247 e. The van der Waals surface area contributed by atoms with Gasteiger partial charge in [0, 0.05) is 15.0 Å². The second-order valence-electron chi connectivity index (χ2n) is 3.88. The Kier molecular flexibility index (Phi) is 3.24. The summed E-state index contributed by atoms with van der Waals surface area (Å²) >= 11 is 13.8. The van der Waals surface area contributed by atoms with Crippen LogP contribution < -0.4 is 0 Å². The number of aromatic nitrogens is 3. The number of halogens is 2. The summed E-state index contributed by atoms with van der Waals surface area (Å²) in [7, 11) is 0. The molecule has 3 rings (SSSR count). The Bertz CT molecular complexity index is 690. The molecule has 6 heteroatoms. The van der Waals surface area contributed by atoms with Gasteiger partial charge in [0.1, 0.15) is 0 Å². The lowest BCUT2D eigenvalue weighted by molar-refractivity contribution is 0.656. The molecule has 0 fully saturated rings. The first-order valence-electron chi connectivity index (χ1n) is 5.39. The first-order valence-corrected chi connectivity index (χ1v) is 7.11. The van der Waals surface area contributed by atoms with Gasteiger partial charge in [-0.05, 0) is 6.07 Å². The van der Waals surface area contributed by atoms with Gasteiger partial charge < -0.3 is 0 Å². The average Bonchev–Trinajstić information content (AvgIpc) is 2.97. The molecule has 0 saturated carbocycles. The molecule has 0 N–H and O–H groups in total. The summed E-state index contributed by atoms with van der Waals surface area (Å²) in [5, 5.41) is 9.88. The van der Waals surface area contributed by atoms with E-state index < -0.39 is 0 Å². The van der Waals surface area contributed by atoms with Gasteiger partial charge in [-0.2, -0.15) is 0 Å². The van der Waals surface area contributed by atoms with Gasteiger partial charge in [0.25, 0.3) is 0 Å². The maximum atomic E-state index is 6.37. The highest BCUT2D eigenvalue weighted by molar-refractivity contribution is 7.19. The zero-order valence-electron chi connectivity index (χ0n) is 9.31. The third-order valence-electron chi connectivity index (χ3n) is 2.63. The summed E-state index contributed by atoms with van der Waals surface area (Å²) in [5.74, 6) is 0.375. The predicted octanol–water partition coefficient (Wildman–Crippen LogP) is 3.93. The molecule has 0 spiro atoms. The molecule has 2 aromatic heterocycles. The highest BCUT2D eigenvalue weighted by Crippen LogP contribution is 2.35. The predicted molar refractivity (Wildman–Crippen MR) is 75.5 cm³/mol. The number of fused-ring (bicyclic) bond motifs is 1. The Labute approximate surface area is 118 Å². The van der Waals surface area contributed by atoms with Gasteiger partial charge in [-0.3, -0.25) is 0 Å². The number of hydrogen-bond acceptors (Lipinski definition) is 3. The normalized spacial score (nSPS) is 11.2. The van der Waals surface area contributed by atoms with Gasteiger partial charge in [0.2, 0.25) is 0 Å². The third-order valence-corrected chi connectivity index (χ3v) is 4.60. The van der Waals surface area contributed by atoms with Crippen LogP contribution in [0.3, 0.4) is 0 Å². The molecule has 0 aliphatic heterocycles. The first kappa shape index (κ1) is 12.0. The second-order valence-corrected chi connectivity index (χ2v) is 5.66. The van der Waals surface area contributed by atoms with Crippen molar-refractivity contribution in [2.45, 2.75) is 12.4 Å². The number of nitrogens with zero attached hydrogens (tertiary/aromatic N) is 3. The molecule has 0 aliphatic rings. The van der Waals surface area contributed by atoms with Crippen LogP contribution in [0.2, 0.25) is 5.02 Å². The molecule has 0 saturated heterocycles. The highest BCUT2D eigenvalue weighted by Gasteiger charge is 2.11. The highest BCUT2D eigenvalue weighted by atomic mass is 35.5. The van der Waals surface area contributed by atoms with Gasteiger partial charge in [0.15, 0.2) is 0 Å². The topological polar surface area (TPSA) is 30.7 Å². The van der Waals surface area contributed by atoms with E-state index in [1.807, 2.05) is 24.4 Å². The van der Waals surface area contributed by atoms with Crippen LogP contribution in [0.1, 0.15) is 10.6 Å². The standard InChI is InChI=1S/C12H9Cl2N3S/c13-5-8-6-17(16-15-8)7-11-12(14)9-3-1-2-4-10(9)18-11/h1-4,6H,5,7H2. The minimum atomic E-state index is 0.375. The Morgan fingerprint density at radius 1 is 1.28 bits per heavy atom. The van der Waals surface area contributed by atoms with E-state index in [0.717, 1.165) is 21.0 Å². The van der Waals surface area contributed by atoms with Crippen molar-refractivity contribution in [3.63, 3.8) is 0 Å². The van der Waals surface area contributed by atoms with E-state index in [1.54, 1.807) is 16.0 Å². The molecule has 0 atom stereocenters. The van der Waals surface area contributed by atoms with Crippen LogP contribution in [0.25, 0.3) is 10.1 Å². The maximum absolute atomic E-state index is 6.37. The lowest BCUT2D eigenvalue weighted by Crippen LogP contribution is -1.98. The van der Waals surface area contributed by atoms with Crippen LogP contribution in [-0.4, -0.2) is 15.0 Å². The van der Waals surface area contributed by atoms with Crippen LogP contribution in [-0.2, 0) is 12.4 Å². The van der Waals surface area contributed by atoms with E-state index in [-0.39, 0.29) is 0 Å². The van der Waals surface area contributed by atoms with E-state index in [1.165, 1.54) is 4.70 Å². The number of rotatable bonds is 3. The Hall–Kier alpha value is -1.10. The van der Waals surface area contributed by atoms with Crippen LogP contribution >= 0.6 is 34.5 Å². The molecule has 2 heterocycles. The molecule has 0 unspecified atom stereocenters. The molecule has 18 heavy (non-hydrogen) atoms. The number of alkyl halides is 1. The molecular weight excluding hydrogens is 289 g/mol. The fraction of sp³-hybridized carbons (Fsp3) is 0.167. The Morgan fingerprint density at radius 3 is 2.83 bits per heavy atom. The number of benzene rings is 1. The van der Waals surface area contributed by atoms with Crippen LogP contribution in [0.5, 0.6) is 0 Å². The molecular formula is C12H9Cl2N3S. The van der Waals surface area contributed by atoms with Crippen molar-refractivity contribution in [3.05, 3.63) is 46.1 Å². The smallest absolute Gasteiger partial charge is 0.0974 e. The van der Waals surface area contributed by atoms with Gasteiger partial charge in [0.05, 0.1) is 29.3 Å². The van der Waals surface area contributed by atoms with Gasteiger partial charge in [-0.25, -0.2) is 4.68 Å². The minimum Gasteiger partial charge on any atom is -0.247 e. The number of hydrogen-bond donors (Lipinski definition) is 0. The van der Waals surface area contributed by atoms with Crippen molar-refractivity contribution in [2.24, 2.45) is 0 Å². The fourth-order valence-electron chi connectivity index (χ4n) is 1.79. The van der Waals surface area contributed by atoms with E-state index in [2.05, 4.69) is 16.4 Å². The summed E-state index contributed by atoms with van der Waals surface area (Å²) in [5.41, 5.74) is 0.772. The third kappa shape index (κ3) is 2.11. The summed E-state index contributed by atoms with van der Waals surface area (Å²) in [6.07, 6.45) is 1.84. The zero-order chi connectivity index (χ0) is 12.5. The minimum absolute atomic E-state index is 0.375. The van der Waals surface area contributed by atoms with Crippen molar-refractivity contribution < 1.29 is 0 Å². The fourth-order valence-corrected chi connectivity index (χ4v) is 3.40. The Balaban J connectivity index is 1.97. The van der Waals surface area contributed by atoms with Crippen LogP contribution in [0.4, 0.5) is 0 Å². The molecule has 92 valence electrons. The van der Waals surface area contributed by atoms with Gasteiger partial charge >= 0.3 is 0 Å². The second kappa shape index (κ2) is 4.88. The quantitative estimate of drug-likeness (QED) is 0.686. The monoisotopic (exact) mass is 297 g/mol. The molecule has 0 radical (unpaired) electrons. The van der Waals surface area contributed by atoms with E-state index in [4.69, 9.17) is 23.2 Å². The maximum Gasteiger partial charge on any atom is 0.0974 e. The molecule has 0 aliphatic carbocycles. The van der Waals surface area contributed by atoms with Gasteiger partial charge in [-0.15, -0.1) is 28.0 Å². The van der Waals surface area contributed by atoms with Crippen LogP contribution in [0, 0.1) is 0 Å². The number of thiophene rings is 1. The molecule has 0 amide bonds. The summed E-state index contributed by atoms with van der Waals surface area (Å²) in [6, 6.07) is 8.11. The molecule has 0 bridgehead atoms. The SMILES string of the molecule is ClCc1cn(Cc2sc3ccccc3c2Cl)nn1. The zero-order valence-corrected chi connectivity index (χ0v) is 11.6. The lowest BCUT2D eigenvalue weighted by Gasteiger charge is -1.97. The summed E-state index contributed by atoms with van der Waals surface area (Å²) < 4.78 is 2.95. The molecule has 3 nitrogen and oxygen atoms in total. The van der Waals surface area contributed by atoms with E-state index >= 15 is 0 Å². The van der Waals surface area contributed by atoms with Crippen molar-refractivity contribution in [2.75, 3.05) is 0 Å². The van der Waals surface area contributed by atoms with Crippen LogP contribution in [0.15, 0.2) is 30.5 Å². The molecule has 3 aromatic rings.